The molecule has 0 saturated carbocycles. The summed E-state index contributed by atoms with van der Waals surface area (Å²) in [4.78, 5) is 26.1. The Balaban J connectivity index is 1.65. The summed E-state index contributed by atoms with van der Waals surface area (Å²) in [6, 6.07) is 10.2. The van der Waals surface area contributed by atoms with E-state index in [1.54, 1.807) is 0 Å². The SMILES string of the molecule is NC(=O)COC(=O)NCCCCCc1nccc2ccccc12. The summed E-state index contributed by atoms with van der Waals surface area (Å²) in [5.74, 6) is -0.664. The number of pyridine rings is 1. The Bertz CT molecular complexity index is 668. The lowest BCUT2D eigenvalue weighted by molar-refractivity contribution is -0.120. The van der Waals surface area contributed by atoms with Gasteiger partial charge in [0.15, 0.2) is 6.61 Å². The zero-order valence-corrected chi connectivity index (χ0v) is 13.0. The molecule has 0 radical (unpaired) electrons. The van der Waals surface area contributed by atoms with Crippen LogP contribution in [0.5, 0.6) is 0 Å². The number of alkyl carbamates (subject to hydrolysis) is 1. The lowest BCUT2D eigenvalue weighted by Crippen LogP contribution is -2.29. The second kappa shape index (κ2) is 8.73. The predicted molar refractivity (Wildman–Crippen MR) is 87.8 cm³/mol. The molecule has 0 aliphatic carbocycles. The summed E-state index contributed by atoms with van der Waals surface area (Å²) in [5.41, 5.74) is 5.99. The first-order valence-corrected chi connectivity index (χ1v) is 7.68. The van der Waals surface area contributed by atoms with Gasteiger partial charge in [-0.05, 0) is 30.7 Å². The Morgan fingerprint density at radius 3 is 2.78 bits per heavy atom. The maximum Gasteiger partial charge on any atom is 0.407 e. The van der Waals surface area contributed by atoms with Gasteiger partial charge < -0.3 is 15.8 Å². The maximum absolute atomic E-state index is 11.2. The lowest BCUT2D eigenvalue weighted by atomic mass is 10.1. The molecule has 6 nitrogen and oxygen atoms in total. The van der Waals surface area contributed by atoms with E-state index in [4.69, 9.17) is 5.73 Å². The Morgan fingerprint density at radius 1 is 1.13 bits per heavy atom. The fourth-order valence-electron chi connectivity index (χ4n) is 2.35. The Labute approximate surface area is 135 Å². The number of hydrogen-bond acceptors (Lipinski definition) is 4. The van der Waals surface area contributed by atoms with Crippen LogP contribution in [-0.4, -0.2) is 30.1 Å². The van der Waals surface area contributed by atoms with E-state index in [2.05, 4.69) is 27.2 Å². The van der Waals surface area contributed by atoms with E-state index in [0.29, 0.717) is 6.54 Å². The van der Waals surface area contributed by atoms with Crippen LogP contribution in [0.4, 0.5) is 4.79 Å². The average Bonchev–Trinajstić information content (AvgIpc) is 2.56. The van der Waals surface area contributed by atoms with E-state index < -0.39 is 18.6 Å². The van der Waals surface area contributed by atoms with Crippen LogP contribution < -0.4 is 11.1 Å². The number of benzene rings is 1. The average molecular weight is 315 g/mol. The number of ether oxygens (including phenoxy) is 1. The third-order valence-corrected chi connectivity index (χ3v) is 3.46. The van der Waals surface area contributed by atoms with Gasteiger partial charge in [0.05, 0.1) is 0 Å². The number of aromatic nitrogens is 1. The summed E-state index contributed by atoms with van der Waals surface area (Å²) in [7, 11) is 0. The molecule has 122 valence electrons. The monoisotopic (exact) mass is 315 g/mol. The first kappa shape index (κ1) is 16.7. The van der Waals surface area contributed by atoms with E-state index in [-0.39, 0.29) is 0 Å². The minimum Gasteiger partial charge on any atom is -0.439 e. The molecule has 2 rings (SSSR count). The topological polar surface area (TPSA) is 94.3 Å². The molecule has 6 heteroatoms. The molecule has 0 bridgehead atoms. The van der Waals surface area contributed by atoms with Crippen LogP contribution in [0.15, 0.2) is 36.5 Å². The molecule has 3 N–H and O–H groups in total. The van der Waals surface area contributed by atoms with Crippen molar-refractivity contribution in [2.45, 2.75) is 25.7 Å². The van der Waals surface area contributed by atoms with Gasteiger partial charge in [-0.1, -0.05) is 30.7 Å². The molecule has 1 heterocycles. The van der Waals surface area contributed by atoms with Crippen LogP contribution in [0.2, 0.25) is 0 Å². The number of carbonyl (C=O) groups is 2. The second-order valence-electron chi connectivity index (χ2n) is 5.26. The van der Waals surface area contributed by atoms with Crippen molar-refractivity contribution in [3.05, 3.63) is 42.2 Å². The number of aryl methyl sites for hydroxylation is 1. The molecule has 0 fully saturated rings. The number of hydrogen-bond donors (Lipinski definition) is 2. The quantitative estimate of drug-likeness (QED) is 0.730. The molecule has 0 aliphatic heterocycles. The van der Waals surface area contributed by atoms with Gasteiger partial charge in [0.1, 0.15) is 0 Å². The van der Waals surface area contributed by atoms with Crippen molar-refractivity contribution in [1.29, 1.82) is 0 Å². The summed E-state index contributed by atoms with van der Waals surface area (Å²) in [6.07, 6.45) is 4.96. The zero-order chi connectivity index (χ0) is 16.5. The molecule has 2 aromatic rings. The molecule has 0 atom stereocenters. The molecule has 1 aromatic heterocycles. The third kappa shape index (κ3) is 5.58. The number of amides is 2. The number of carbonyl (C=O) groups excluding carboxylic acids is 2. The summed E-state index contributed by atoms with van der Waals surface area (Å²) >= 11 is 0. The highest BCUT2D eigenvalue weighted by Gasteiger charge is 2.04. The van der Waals surface area contributed by atoms with Crippen molar-refractivity contribution in [1.82, 2.24) is 10.3 Å². The van der Waals surface area contributed by atoms with Gasteiger partial charge in [-0.15, -0.1) is 0 Å². The summed E-state index contributed by atoms with van der Waals surface area (Å²) < 4.78 is 4.59. The number of fused-ring (bicyclic) bond motifs is 1. The van der Waals surface area contributed by atoms with Crippen molar-refractivity contribution in [2.75, 3.05) is 13.2 Å². The molecule has 0 spiro atoms. The van der Waals surface area contributed by atoms with Crippen LogP contribution in [0.1, 0.15) is 25.0 Å². The highest BCUT2D eigenvalue weighted by Crippen LogP contribution is 2.18. The van der Waals surface area contributed by atoms with Crippen molar-refractivity contribution >= 4 is 22.8 Å². The van der Waals surface area contributed by atoms with Crippen LogP contribution in [0, 0.1) is 0 Å². The molecule has 2 amide bonds. The van der Waals surface area contributed by atoms with Gasteiger partial charge >= 0.3 is 6.09 Å². The smallest absolute Gasteiger partial charge is 0.407 e. The second-order valence-corrected chi connectivity index (χ2v) is 5.26. The zero-order valence-electron chi connectivity index (χ0n) is 13.0. The Kier molecular flexibility index (Phi) is 6.35. The first-order chi connectivity index (χ1) is 11.2. The van der Waals surface area contributed by atoms with E-state index >= 15 is 0 Å². The van der Waals surface area contributed by atoms with Gasteiger partial charge in [0, 0.05) is 23.8 Å². The summed E-state index contributed by atoms with van der Waals surface area (Å²) in [5, 5.41) is 4.98. The fourth-order valence-corrected chi connectivity index (χ4v) is 2.35. The van der Waals surface area contributed by atoms with Crippen molar-refractivity contribution < 1.29 is 14.3 Å². The van der Waals surface area contributed by atoms with Crippen molar-refractivity contribution in [3.8, 4) is 0 Å². The van der Waals surface area contributed by atoms with Gasteiger partial charge in [-0.25, -0.2) is 4.79 Å². The third-order valence-electron chi connectivity index (χ3n) is 3.46. The minimum absolute atomic E-state index is 0.390. The van der Waals surface area contributed by atoms with Crippen LogP contribution in [-0.2, 0) is 16.0 Å². The number of primary amides is 1. The Hall–Kier alpha value is -2.63. The number of nitrogens with zero attached hydrogens (tertiary/aromatic N) is 1. The van der Waals surface area contributed by atoms with E-state index in [1.807, 2.05) is 24.4 Å². The van der Waals surface area contributed by atoms with E-state index in [0.717, 1.165) is 31.4 Å². The van der Waals surface area contributed by atoms with Crippen molar-refractivity contribution in [3.63, 3.8) is 0 Å². The highest BCUT2D eigenvalue weighted by molar-refractivity contribution is 5.84. The van der Waals surface area contributed by atoms with Gasteiger partial charge in [-0.2, -0.15) is 0 Å². The number of nitrogens with two attached hydrogens (primary N) is 1. The molecule has 0 saturated heterocycles. The first-order valence-electron chi connectivity index (χ1n) is 7.68. The number of unbranched alkanes of at least 4 members (excludes halogenated alkanes) is 2. The molecule has 23 heavy (non-hydrogen) atoms. The standard InChI is InChI=1S/C17H21N3O3/c18-16(21)12-23-17(22)20-10-5-1-2-8-15-14-7-4-3-6-13(14)9-11-19-15/h3-4,6-7,9,11H,1-2,5,8,10,12H2,(H2,18,21)(H,20,22). The minimum atomic E-state index is -0.664. The Morgan fingerprint density at radius 2 is 1.96 bits per heavy atom. The molecular formula is C17H21N3O3. The van der Waals surface area contributed by atoms with Crippen LogP contribution in [0.25, 0.3) is 10.8 Å². The van der Waals surface area contributed by atoms with E-state index in [1.165, 1.54) is 10.8 Å². The summed E-state index contributed by atoms with van der Waals surface area (Å²) in [6.45, 7) is 0.124. The normalized spacial score (nSPS) is 10.4. The number of nitrogens with one attached hydrogen (secondary N) is 1. The molecule has 0 unspecified atom stereocenters. The maximum atomic E-state index is 11.2. The number of rotatable bonds is 8. The highest BCUT2D eigenvalue weighted by atomic mass is 16.6. The largest absolute Gasteiger partial charge is 0.439 e. The van der Waals surface area contributed by atoms with Gasteiger partial charge in [0.25, 0.3) is 5.91 Å². The molecule has 0 aliphatic rings. The van der Waals surface area contributed by atoms with Gasteiger partial charge in [0.2, 0.25) is 0 Å². The lowest BCUT2D eigenvalue weighted by Gasteiger charge is -2.07. The molecular weight excluding hydrogens is 294 g/mol. The van der Waals surface area contributed by atoms with Crippen molar-refractivity contribution in [2.24, 2.45) is 5.73 Å². The fraction of sp³-hybridized carbons (Fsp3) is 0.353. The predicted octanol–water partition coefficient (Wildman–Crippen LogP) is 2.16. The van der Waals surface area contributed by atoms with Gasteiger partial charge in [-0.3, -0.25) is 9.78 Å². The molecule has 1 aromatic carbocycles. The van der Waals surface area contributed by atoms with Crippen LogP contribution in [0.3, 0.4) is 0 Å². The van der Waals surface area contributed by atoms with Crippen LogP contribution >= 0.6 is 0 Å². The van der Waals surface area contributed by atoms with E-state index in [9.17, 15) is 9.59 Å².